The van der Waals surface area contributed by atoms with Crippen molar-refractivity contribution in [1.82, 2.24) is 4.98 Å². The molecule has 2 rings (SSSR count). The van der Waals surface area contributed by atoms with Gasteiger partial charge in [-0.1, -0.05) is 17.7 Å². The summed E-state index contributed by atoms with van der Waals surface area (Å²) in [6.45, 7) is -1.72. The molecule has 1 aromatic carbocycles. The number of methoxy groups -OCH3 is 1. The van der Waals surface area contributed by atoms with E-state index in [-0.39, 0.29) is 34.5 Å². The van der Waals surface area contributed by atoms with Crippen LogP contribution in [0.15, 0.2) is 30.3 Å². The molecule has 0 bridgehead atoms. The van der Waals surface area contributed by atoms with Crippen molar-refractivity contribution in [1.29, 1.82) is 0 Å². The number of hydrogen-bond acceptors (Lipinski definition) is 5. The van der Waals surface area contributed by atoms with E-state index in [0.29, 0.717) is 0 Å². The number of ether oxygens (including phenoxy) is 3. The Morgan fingerprint density at radius 3 is 2.46 bits per heavy atom. The Morgan fingerprint density at radius 2 is 1.85 bits per heavy atom. The van der Waals surface area contributed by atoms with Crippen LogP contribution in [0.25, 0.3) is 0 Å². The Labute approximate surface area is 150 Å². The second-order valence-corrected chi connectivity index (χ2v) is 5.33. The van der Waals surface area contributed by atoms with Crippen LogP contribution < -0.4 is 9.47 Å². The molecule has 140 valence electrons. The van der Waals surface area contributed by atoms with E-state index in [4.69, 9.17) is 16.3 Å². The van der Waals surface area contributed by atoms with Crippen LogP contribution in [-0.2, 0) is 11.3 Å². The molecule has 2 aromatic rings. The summed E-state index contributed by atoms with van der Waals surface area (Å²) in [5.74, 6) is -2.06. The number of halogens is 5. The van der Waals surface area contributed by atoms with Crippen LogP contribution in [0.3, 0.4) is 0 Å². The average Bonchev–Trinajstić information content (AvgIpc) is 2.59. The zero-order chi connectivity index (χ0) is 19.3. The highest BCUT2D eigenvalue weighted by Crippen LogP contribution is 2.24. The summed E-state index contributed by atoms with van der Waals surface area (Å²) in [4.78, 5) is 15.1. The van der Waals surface area contributed by atoms with E-state index in [2.05, 4.69) is 14.5 Å². The second-order valence-electron chi connectivity index (χ2n) is 4.92. The van der Waals surface area contributed by atoms with Gasteiger partial charge in [0, 0.05) is 22.7 Å². The molecule has 0 aliphatic carbocycles. The van der Waals surface area contributed by atoms with E-state index in [1.54, 1.807) is 0 Å². The van der Waals surface area contributed by atoms with Crippen molar-refractivity contribution in [2.45, 2.75) is 12.8 Å². The molecule has 0 N–H and O–H groups in total. The molecule has 0 spiro atoms. The summed E-state index contributed by atoms with van der Waals surface area (Å²) in [5.41, 5.74) is -0.123. The second kappa shape index (κ2) is 8.22. The molecular weight excluding hydrogens is 382 g/mol. The summed E-state index contributed by atoms with van der Waals surface area (Å²) >= 11 is 5.98. The molecule has 0 saturated carbocycles. The van der Waals surface area contributed by atoms with Crippen LogP contribution in [-0.4, -0.2) is 30.8 Å². The highest BCUT2D eigenvalue weighted by molar-refractivity contribution is 6.31. The minimum absolute atomic E-state index is 0.0433. The third-order valence-corrected chi connectivity index (χ3v) is 3.35. The standard InChI is InChI=1S/C16H12ClF4NO4/c1-24-15(23)10-6-11(17)9(5-12(10)18)7-25-13-3-2-4-14(22-13)26-8-16(19,20)21/h2-6H,7-8H2,1H3. The molecule has 1 heterocycles. The number of hydrogen-bond donors (Lipinski definition) is 0. The Bertz CT molecular complexity index is 798. The summed E-state index contributed by atoms with van der Waals surface area (Å²) in [6, 6.07) is 6.09. The molecular formula is C16H12ClF4NO4. The van der Waals surface area contributed by atoms with Crippen LogP contribution in [0.5, 0.6) is 11.8 Å². The number of carbonyl (C=O) groups is 1. The van der Waals surface area contributed by atoms with Gasteiger partial charge in [0.15, 0.2) is 6.61 Å². The highest BCUT2D eigenvalue weighted by atomic mass is 35.5. The molecule has 10 heteroatoms. The fraction of sp³-hybridized carbons (Fsp3) is 0.250. The van der Waals surface area contributed by atoms with E-state index in [0.717, 1.165) is 19.2 Å². The number of nitrogens with zero attached hydrogens (tertiary/aromatic N) is 1. The van der Waals surface area contributed by atoms with Crippen LogP contribution >= 0.6 is 11.6 Å². The van der Waals surface area contributed by atoms with Crippen molar-refractivity contribution in [3.8, 4) is 11.8 Å². The van der Waals surface area contributed by atoms with Gasteiger partial charge in [-0.3, -0.25) is 0 Å². The summed E-state index contributed by atoms with van der Waals surface area (Å²) in [5, 5.41) is 0.0521. The lowest BCUT2D eigenvalue weighted by atomic mass is 10.1. The van der Waals surface area contributed by atoms with Gasteiger partial charge in [0.25, 0.3) is 0 Å². The lowest BCUT2D eigenvalue weighted by molar-refractivity contribution is -0.154. The number of benzene rings is 1. The fourth-order valence-corrected chi connectivity index (χ4v) is 2.05. The monoisotopic (exact) mass is 393 g/mol. The smallest absolute Gasteiger partial charge is 0.422 e. The van der Waals surface area contributed by atoms with Crippen molar-refractivity contribution < 1.29 is 36.6 Å². The van der Waals surface area contributed by atoms with Gasteiger partial charge >= 0.3 is 12.1 Å². The fourth-order valence-electron chi connectivity index (χ4n) is 1.83. The van der Waals surface area contributed by atoms with Gasteiger partial charge in [0.1, 0.15) is 12.4 Å². The molecule has 0 aliphatic rings. The van der Waals surface area contributed by atoms with E-state index >= 15 is 0 Å². The zero-order valence-electron chi connectivity index (χ0n) is 13.3. The Balaban J connectivity index is 2.07. The van der Waals surface area contributed by atoms with E-state index in [1.165, 1.54) is 18.2 Å². The summed E-state index contributed by atoms with van der Waals surface area (Å²) in [7, 11) is 1.10. The summed E-state index contributed by atoms with van der Waals surface area (Å²) in [6.07, 6.45) is -4.50. The molecule has 0 amide bonds. The third kappa shape index (κ3) is 5.48. The maximum atomic E-state index is 13.9. The zero-order valence-corrected chi connectivity index (χ0v) is 14.0. The maximum Gasteiger partial charge on any atom is 0.422 e. The lowest BCUT2D eigenvalue weighted by Gasteiger charge is -2.11. The molecule has 26 heavy (non-hydrogen) atoms. The molecule has 0 saturated heterocycles. The van der Waals surface area contributed by atoms with Gasteiger partial charge in [0.05, 0.1) is 12.7 Å². The van der Waals surface area contributed by atoms with Crippen molar-refractivity contribution in [3.63, 3.8) is 0 Å². The Kier molecular flexibility index (Phi) is 6.25. The van der Waals surface area contributed by atoms with Crippen LogP contribution in [0.4, 0.5) is 17.6 Å². The van der Waals surface area contributed by atoms with Gasteiger partial charge in [0.2, 0.25) is 11.8 Å². The van der Waals surface area contributed by atoms with Gasteiger partial charge in [-0.05, 0) is 12.1 Å². The number of rotatable bonds is 6. The predicted molar refractivity (Wildman–Crippen MR) is 82.9 cm³/mol. The molecule has 0 atom stereocenters. The predicted octanol–water partition coefficient (Wildman–Crippen LogP) is 4.18. The minimum Gasteiger partial charge on any atom is -0.473 e. The van der Waals surface area contributed by atoms with Crippen LogP contribution in [0.2, 0.25) is 5.02 Å². The molecule has 0 radical (unpaired) electrons. The first-order valence-corrected chi connectivity index (χ1v) is 7.43. The van der Waals surface area contributed by atoms with Crippen molar-refractivity contribution >= 4 is 17.6 Å². The molecule has 5 nitrogen and oxygen atoms in total. The average molecular weight is 394 g/mol. The van der Waals surface area contributed by atoms with Crippen molar-refractivity contribution in [2.24, 2.45) is 0 Å². The lowest BCUT2D eigenvalue weighted by Crippen LogP contribution is -2.19. The number of pyridine rings is 1. The van der Waals surface area contributed by atoms with Crippen molar-refractivity contribution in [3.05, 3.63) is 52.3 Å². The first kappa shape index (κ1) is 19.8. The molecule has 0 fully saturated rings. The van der Waals surface area contributed by atoms with Gasteiger partial charge in [-0.25, -0.2) is 9.18 Å². The number of aromatic nitrogens is 1. The summed E-state index contributed by atoms with van der Waals surface area (Å²) < 4.78 is 64.6. The number of carbonyl (C=O) groups excluding carboxylic acids is 1. The molecule has 0 aliphatic heterocycles. The highest BCUT2D eigenvalue weighted by Gasteiger charge is 2.28. The largest absolute Gasteiger partial charge is 0.473 e. The Morgan fingerprint density at radius 1 is 1.19 bits per heavy atom. The first-order valence-electron chi connectivity index (χ1n) is 7.05. The van der Waals surface area contributed by atoms with E-state index in [9.17, 15) is 22.4 Å². The normalized spacial score (nSPS) is 11.2. The topological polar surface area (TPSA) is 57.7 Å². The first-order chi connectivity index (χ1) is 12.2. The van der Waals surface area contributed by atoms with Crippen LogP contribution in [0, 0.1) is 5.82 Å². The number of esters is 1. The van der Waals surface area contributed by atoms with Crippen molar-refractivity contribution in [2.75, 3.05) is 13.7 Å². The third-order valence-electron chi connectivity index (χ3n) is 3.00. The number of alkyl halides is 3. The molecule has 0 unspecified atom stereocenters. The van der Waals surface area contributed by atoms with Gasteiger partial charge in [-0.15, -0.1) is 0 Å². The minimum atomic E-state index is -4.50. The van der Waals surface area contributed by atoms with E-state index in [1.807, 2.05) is 0 Å². The van der Waals surface area contributed by atoms with Gasteiger partial charge in [-0.2, -0.15) is 18.2 Å². The maximum absolute atomic E-state index is 13.9. The SMILES string of the molecule is COC(=O)c1cc(Cl)c(COc2cccc(OCC(F)(F)F)n2)cc1F. The molecule has 1 aromatic heterocycles. The Hall–Kier alpha value is -2.55. The van der Waals surface area contributed by atoms with Crippen LogP contribution in [0.1, 0.15) is 15.9 Å². The van der Waals surface area contributed by atoms with Gasteiger partial charge < -0.3 is 14.2 Å². The van der Waals surface area contributed by atoms with E-state index < -0.39 is 24.6 Å². The quantitative estimate of drug-likeness (QED) is 0.544.